The minimum absolute atomic E-state index is 0.0151. The van der Waals surface area contributed by atoms with E-state index in [4.69, 9.17) is 6.42 Å². The van der Waals surface area contributed by atoms with Crippen LogP contribution in [0.25, 0.3) is 43.8 Å². The third kappa shape index (κ3) is 9.97. The summed E-state index contributed by atoms with van der Waals surface area (Å²) in [7, 11) is 0. The lowest BCUT2D eigenvalue weighted by atomic mass is 9.63. The number of unbranched alkanes of at least 4 members (excludes halogenated alkanes) is 18. The molecule has 0 saturated heterocycles. The van der Waals surface area contributed by atoms with Crippen LogP contribution in [0.4, 0.5) is 0 Å². The van der Waals surface area contributed by atoms with E-state index < -0.39 is 0 Å². The van der Waals surface area contributed by atoms with Crippen molar-refractivity contribution in [2.24, 2.45) is 0 Å². The Morgan fingerprint density at radius 2 is 0.714 bits per heavy atom. The Balaban J connectivity index is 1.55. The number of benzene rings is 4. The van der Waals surface area contributed by atoms with Gasteiger partial charge in [-0.05, 0) is 129 Å². The highest BCUT2D eigenvalue weighted by atomic mass is 32.1. The molecule has 5 aromatic rings. The van der Waals surface area contributed by atoms with E-state index in [1.165, 1.54) is 203 Å². The Morgan fingerprint density at radius 1 is 0.371 bits per heavy atom. The van der Waals surface area contributed by atoms with Crippen LogP contribution in [-0.2, 0) is 16.2 Å². The van der Waals surface area contributed by atoms with Crippen molar-refractivity contribution in [2.75, 3.05) is 0 Å². The van der Waals surface area contributed by atoms with Crippen LogP contribution >= 0.6 is 11.3 Å². The molecule has 0 spiro atoms. The zero-order valence-electron chi connectivity index (χ0n) is 45.2. The highest BCUT2D eigenvalue weighted by Gasteiger charge is 2.57. The smallest absolute Gasteiger partial charge is 0.0772 e. The number of hydrogen-bond donors (Lipinski definition) is 0. The van der Waals surface area contributed by atoms with Crippen molar-refractivity contribution >= 4 is 11.3 Å². The van der Waals surface area contributed by atoms with E-state index in [0.29, 0.717) is 0 Å². The summed E-state index contributed by atoms with van der Waals surface area (Å²) in [5.74, 6) is 2.98. The van der Waals surface area contributed by atoms with Crippen LogP contribution in [0.1, 0.15) is 272 Å². The van der Waals surface area contributed by atoms with Gasteiger partial charge in [0.1, 0.15) is 0 Å². The maximum absolute atomic E-state index is 6.07. The van der Waals surface area contributed by atoms with Gasteiger partial charge < -0.3 is 0 Å². The Kier molecular flexibility index (Phi) is 18.5. The summed E-state index contributed by atoms with van der Waals surface area (Å²) in [5.41, 5.74) is 21.3. The summed E-state index contributed by atoms with van der Waals surface area (Å²) < 4.78 is 0. The predicted molar refractivity (Wildman–Crippen MR) is 309 cm³/mol. The van der Waals surface area contributed by atoms with E-state index in [2.05, 4.69) is 126 Å². The Hall–Kier alpha value is -3.86. The molecule has 3 aliphatic rings. The highest BCUT2D eigenvalue weighted by Crippen LogP contribution is 2.71. The monoisotopic (exact) mass is 953 g/mol. The molecule has 70 heavy (non-hydrogen) atoms. The molecule has 8 rings (SSSR count). The van der Waals surface area contributed by atoms with Gasteiger partial charge in [0.15, 0.2) is 0 Å². The van der Waals surface area contributed by atoms with E-state index in [1.54, 1.807) is 78.1 Å². The SMILES string of the molecule is C#Cc1ccc(-c2ccc3c(c2)C(CCCCCC)(CCCCCC)c2c4c(c5c(c2-3)C(CCCCCC)(CCCCCC)c2ccccc2-5)C(CCCCCC)(CCCCCC)c2ccccc2-4)s1. The molecule has 3 aliphatic carbocycles. The molecule has 4 aromatic carbocycles. The minimum atomic E-state index is -0.0774. The van der Waals surface area contributed by atoms with E-state index in [-0.39, 0.29) is 16.2 Å². The normalized spacial score (nSPS) is 15.0. The molecule has 0 aliphatic heterocycles. The van der Waals surface area contributed by atoms with Crippen LogP contribution in [0.15, 0.2) is 78.9 Å². The fraction of sp³-hybridized carbons (Fsp3) is 0.565. The van der Waals surface area contributed by atoms with Gasteiger partial charge in [-0.15, -0.1) is 17.8 Å². The van der Waals surface area contributed by atoms with Gasteiger partial charge in [0.25, 0.3) is 0 Å². The standard InChI is InChI=1S/C69H92S/c1-8-15-21-31-45-67(46-32-22-16-9-2)58-40-30-28-38-55(58)62-64(67)61-54-37-27-29-39-57(54)68(47-33-23-17-10-3,48-34-24-18-11-4)65(61)63-56-43-41-52(60-44-42-53(14-7)70-60)51-59(56)69(66(62)63,49-35-25-19-12-5)50-36-26-20-13-6/h7,27-30,37-44,51H,8-13,15-26,31-36,45-50H2,1-6H3. The zero-order valence-corrected chi connectivity index (χ0v) is 46.0. The Bertz CT molecular complexity index is 2470. The lowest BCUT2D eigenvalue weighted by Gasteiger charge is -2.39. The second-order valence-electron chi connectivity index (χ2n) is 22.5. The fourth-order valence-electron chi connectivity index (χ4n) is 14.6. The second-order valence-corrected chi connectivity index (χ2v) is 23.6. The Labute approximate surface area is 432 Å². The molecule has 374 valence electrons. The topological polar surface area (TPSA) is 0 Å². The summed E-state index contributed by atoms with van der Waals surface area (Å²) in [4.78, 5) is 2.34. The fourth-order valence-corrected chi connectivity index (χ4v) is 15.4. The largest absolute Gasteiger partial charge is 0.127 e. The van der Waals surface area contributed by atoms with Crippen molar-refractivity contribution in [3.63, 3.8) is 0 Å². The third-order valence-electron chi connectivity index (χ3n) is 17.9. The van der Waals surface area contributed by atoms with Crippen LogP contribution in [0, 0.1) is 12.3 Å². The molecule has 0 N–H and O–H groups in total. The average Bonchev–Trinajstić information content (AvgIpc) is 4.13. The summed E-state index contributed by atoms with van der Waals surface area (Å²) in [5, 5.41) is 0. The highest BCUT2D eigenvalue weighted by molar-refractivity contribution is 7.16. The number of fused-ring (bicyclic) bond motifs is 12. The van der Waals surface area contributed by atoms with Gasteiger partial charge in [-0.1, -0.05) is 262 Å². The molecule has 0 atom stereocenters. The number of rotatable bonds is 31. The van der Waals surface area contributed by atoms with E-state index in [1.807, 2.05) is 0 Å². The van der Waals surface area contributed by atoms with Gasteiger partial charge >= 0.3 is 0 Å². The maximum atomic E-state index is 6.07. The maximum Gasteiger partial charge on any atom is 0.0772 e. The summed E-state index contributed by atoms with van der Waals surface area (Å²) >= 11 is 1.80. The molecule has 0 unspecified atom stereocenters. The van der Waals surface area contributed by atoms with Crippen LogP contribution in [-0.4, -0.2) is 0 Å². The molecule has 1 heterocycles. The van der Waals surface area contributed by atoms with Gasteiger partial charge in [0.2, 0.25) is 0 Å². The van der Waals surface area contributed by atoms with Crippen LogP contribution in [0.2, 0.25) is 0 Å². The lowest BCUT2D eigenvalue weighted by molar-refractivity contribution is 0.389. The summed E-state index contributed by atoms with van der Waals surface area (Å²) in [6, 6.07) is 32.5. The van der Waals surface area contributed by atoms with Crippen molar-refractivity contribution < 1.29 is 0 Å². The van der Waals surface area contributed by atoms with E-state index >= 15 is 0 Å². The zero-order chi connectivity index (χ0) is 49.0. The molecule has 0 amide bonds. The molecule has 0 nitrogen and oxygen atoms in total. The first-order chi connectivity index (χ1) is 34.4. The molecule has 0 radical (unpaired) electrons. The second kappa shape index (κ2) is 24.7. The molecular formula is C69H92S. The first-order valence-electron chi connectivity index (χ1n) is 29.6. The van der Waals surface area contributed by atoms with Crippen molar-refractivity contribution in [3.05, 3.63) is 117 Å². The molecule has 0 saturated carbocycles. The number of thiophene rings is 1. The molecular weight excluding hydrogens is 861 g/mol. The van der Waals surface area contributed by atoms with E-state index in [0.717, 1.165) is 4.88 Å². The molecule has 1 heteroatoms. The third-order valence-corrected chi connectivity index (χ3v) is 19.0. The summed E-state index contributed by atoms with van der Waals surface area (Å²) in [6.45, 7) is 14.4. The first-order valence-corrected chi connectivity index (χ1v) is 30.4. The lowest BCUT2D eigenvalue weighted by Crippen LogP contribution is -2.31. The number of hydrogen-bond acceptors (Lipinski definition) is 1. The van der Waals surface area contributed by atoms with Gasteiger partial charge in [-0.25, -0.2) is 0 Å². The molecule has 1 aromatic heterocycles. The summed E-state index contributed by atoms with van der Waals surface area (Å²) in [6.07, 6.45) is 44.7. The Morgan fingerprint density at radius 3 is 1.06 bits per heavy atom. The van der Waals surface area contributed by atoms with Crippen LogP contribution < -0.4 is 0 Å². The van der Waals surface area contributed by atoms with Gasteiger partial charge in [-0.2, -0.15) is 0 Å². The average molecular weight is 954 g/mol. The van der Waals surface area contributed by atoms with Crippen molar-refractivity contribution in [2.45, 2.75) is 250 Å². The minimum Gasteiger partial charge on any atom is -0.127 e. The van der Waals surface area contributed by atoms with Gasteiger partial charge in [0, 0.05) is 21.1 Å². The van der Waals surface area contributed by atoms with Crippen molar-refractivity contribution in [1.29, 1.82) is 0 Å². The van der Waals surface area contributed by atoms with Gasteiger partial charge in [-0.3, -0.25) is 0 Å². The molecule has 0 fully saturated rings. The van der Waals surface area contributed by atoms with Gasteiger partial charge in [0.05, 0.1) is 4.88 Å². The number of terminal acetylenes is 1. The van der Waals surface area contributed by atoms with Crippen molar-refractivity contribution in [1.82, 2.24) is 0 Å². The molecule has 0 bridgehead atoms. The van der Waals surface area contributed by atoms with Crippen molar-refractivity contribution in [3.8, 4) is 56.2 Å². The van der Waals surface area contributed by atoms with Crippen LogP contribution in [0.3, 0.4) is 0 Å². The van der Waals surface area contributed by atoms with E-state index in [9.17, 15) is 0 Å². The predicted octanol–water partition coefficient (Wildman–Crippen LogP) is 22.0. The quantitative estimate of drug-likeness (QED) is 0.0307. The first kappa shape index (κ1) is 52.5. The van der Waals surface area contributed by atoms with Crippen LogP contribution in [0.5, 0.6) is 0 Å².